The molecule has 0 amide bonds. The number of hydrogen-bond acceptors (Lipinski definition) is 4. The van der Waals surface area contributed by atoms with Crippen LogP contribution in [-0.2, 0) is 14.3 Å². The van der Waals surface area contributed by atoms with Gasteiger partial charge in [-0.3, -0.25) is 4.18 Å². The van der Waals surface area contributed by atoms with Crippen molar-refractivity contribution in [1.82, 2.24) is 0 Å². The number of hydrogen-bond donors (Lipinski definition) is 1. The minimum Gasteiger partial charge on any atom is -0.393 e. The van der Waals surface area contributed by atoms with Gasteiger partial charge in [0.05, 0.1) is 17.6 Å². The molecule has 0 spiro atoms. The third kappa shape index (κ3) is 3.92. The molecular weight excluding hydrogens is 444 g/mol. The molecule has 34 heavy (non-hydrogen) atoms. The van der Waals surface area contributed by atoms with Crippen molar-refractivity contribution in [1.29, 1.82) is 0 Å². The Hall–Kier alpha value is -1.43. The van der Waals surface area contributed by atoms with Crippen molar-refractivity contribution in [3.63, 3.8) is 0 Å². The van der Waals surface area contributed by atoms with Gasteiger partial charge in [-0.2, -0.15) is 8.42 Å². The molecule has 1 aromatic rings. The van der Waals surface area contributed by atoms with E-state index in [0.29, 0.717) is 17.8 Å². The fraction of sp³-hybridized carbons (Fsp3) is 0.655. The zero-order chi connectivity index (χ0) is 24.3. The van der Waals surface area contributed by atoms with Crippen LogP contribution in [0.5, 0.6) is 0 Å². The first kappa shape index (κ1) is 24.3. The topological polar surface area (TPSA) is 63.6 Å². The summed E-state index contributed by atoms with van der Waals surface area (Å²) < 4.78 is 31.1. The van der Waals surface area contributed by atoms with Crippen molar-refractivity contribution in [2.75, 3.05) is 6.61 Å². The molecular formula is C29H40O4S. The molecule has 7 atom stereocenters. The fourth-order valence-corrected chi connectivity index (χ4v) is 9.04. The molecule has 0 saturated heterocycles. The molecule has 186 valence electrons. The average Bonchev–Trinajstić information content (AvgIpc) is 3.15. The highest BCUT2D eigenvalue weighted by molar-refractivity contribution is 7.86. The van der Waals surface area contributed by atoms with Gasteiger partial charge in [0.1, 0.15) is 0 Å². The Morgan fingerprint density at radius 2 is 1.76 bits per heavy atom. The lowest BCUT2D eigenvalue weighted by Gasteiger charge is -2.55. The van der Waals surface area contributed by atoms with Crippen LogP contribution in [-0.4, -0.2) is 26.2 Å². The summed E-state index contributed by atoms with van der Waals surface area (Å²) >= 11 is 0. The number of benzene rings is 1. The molecule has 0 aromatic heterocycles. The normalized spacial score (nSPS) is 38.3. The van der Waals surface area contributed by atoms with Gasteiger partial charge >= 0.3 is 0 Å². The van der Waals surface area contributed by atoms with Crippen LogP contribution in [0.4, 0.5) is 0 Å². The molecule has 5 heteroatoms. The second-order valence-electron chi connectivity index (χ2n) is 12.0. The van der Waals surface area contributed by atoms with E-state index in [1.165, 1.54) is 24.8 Å². The Bertz CT molecular complexity index is 1100. The van der Waals surface area contributed by atoms with Gasteiger partial charge in [-0.15, -0.1) is 0 Å². The Kier molecular flexibility index (Phi) is 6.14. The van der Waals surface area contributed by atoms with Gasteiger partial charge in [-0.05, 0) is 98.5 Å². The standard InChI is InChI=1S/C29H40O4S/c1-19-5-8-23(9-6-19)34(31,32)33-18-20(2)25-11-12-26-24-10-7-21-17-22(30)13-15-28(21,3)27(24)14-16-29(25,26)4/h5-10,20,22,25-27,30H,11-18H2,1-4H3/t20-,22?,25-,26?,27?,28-,29-/m1/s1. The Morgan fingerprint density at radius 1 is 1.03 bits per heavy atom. The summed E-state index contributed by atoms with van der Waals surface area (Å²) in [5, 5.41) is 10.2. The van der Waals surface area contributed by atoms with Crippen molar-refractivity contribution in [2.45, 2.75) is 83.6 Å². The number of aryl methyl sites for hydroxylation is 1. The van der Waals surface area contributed by atoms with Crippen LogP contribution in [0, 0.1) is 41.4 Å². The first-order chi connectivity index (χ1) is 16.0. The predicted molar refractivity (Wildman–Crippen MR) is 135 cm³/mol. The van der Waals surface area contributed by atoms with Crippen LogP contribution >= 0.6 is 0 Å². The first-order valence-corrected chi connectivity index (χ1v) is 14.5. The molecule has 5 rings (SSSR count). The van der Waals surface area contributed by atoms with Crippen LogP contribution in [0.15, 0.2) is 52.5 Å². The Labute approximate surface area is 205 Å². The van der Waals surface area contributed by atoms with Crippen LogP contribution in [0.1, 0.15) is 71.3 Å². The molecule has 4 nitrogen and oxygen atoms in total. The number of allylic oxidation sites excluding steroid dienone is 3. The van der Waals surface area contributed by atoms with Gasteiger partial charge in [-0.1, -0.05) is 61.8 Å². The van der Waals surface area contributed by atoms with Crippen molar-refractivity contribution in [3.8, 4) is 0 Å². The molecule has 0 bridgehead atoms. The highest BCUT2D eigenvalue weighted by Crippen LogP contribution is 2.65. The lowest BCUT2D eigenvalue weighted by molar-refractivity contribution is 0.0272. The van der Waals surface area contributed by atoms with Gasteiger partial charge in [0.15, 0.2) is 0 Å². The minimum atomic E-state index is -3.74. The van der Waals surface area contributed by atoms with Gasteiger partial charge in [0, 0.05) is 0 Å². The lowest BCUT2D eigenvalue weighted by atomic mass is 9.50. The molecule has 3 saturated carbocycles. The van der Waals surface area contributed by atoms with E-state index in [1.54, 1.807) is 17.7 Å². The summed E-state index contributed by atoms with van der Waals surface area (Å²) in [6, 6.07) is 6.88. The third-order valence-electron chi connectivity index (χ3n) is 10.1. The Balaban J connectivity index is 1.32. The first-order valence-electron chi connectivity index (χ1n) is 13.1. The zero-order valence-electron chi connectivity index (χ0n) is 21.1. The SMILES string of the molecule is Cc1ccc(S(=O)(=O)OC[C@@H](C)[C@H]2CCC3C4=CC=C5CC(O)CC[C@@]5(C)C4CC[C@@]32C)cc1. The Morgan fingerprint density at radius 3 is 2.50 bits per heavy atom. The maximum Gasteiger partial charge on any atom is 0.296 e. The maximum atomic E-state index is 12.8. The predicted octanol–water partition coefficient (Wildman–Crippen LogP) is 6.20. The number of fused-ring (bicyclic) bond motifs is 5. The van der Waals surface area contributed by atoms with Gasteiger partial charge in [0.25, 0.3) is 10.1 Å². The largest absolute Gasteiger partial charge is 0.393 e. The monoisotopic (exact) mass is 484 g/mol. The molecule has 1 aromatic carbocycles. The van der Waals surface area contributed by atoms with E-state index >= 15 is 0 Å². The van der Waals surface area contributed by atoms with Gasteiger partial charge < -0.3 is 5.11 Å². The fourth-order valence-electron chi connectivity index (χ4n) is 8.04. The van der Waals surface area contributed by atoms with E-state index in [-0.39, 0.29) is 34.4 Å². The molecule has 1 N–H and O–H groups in total. The van der Waals surface area contributed by atoms with Crippen molar-refractivity contribution in [2.24, 2.45) is 34.5 Å². The van der Waals surface area contributed by atoms with Gasteiger partial charge in [-0.25, -0.2) is 0 Å². The molecule has 0 aliphatic heterocycles. The summed E-state index contributed by atoms with van der Waals surface area (Å²) in [4.78, 5) is 0.238. The lowest BCUT2D eigenvalue weighted by Crippen LogP contribution is -2.46. The van der Waals surface area contributed by atoms with Crippen molar-refractivity contribution in [3.05, 3.63) is 53.1 Å². The maximum absolute atomic E-state index is 12.8. The highest BCUT2D eigenvalue weighted by atomic mass is 32.2. The summed E-state index contributed by atoms with van der Waals surface area (Å²) in [7, 11) is -3.74. The van der Waals surface area contributed by atoms with Gasteiger partial charge in [0.2, 0.25) is 0 Å². The second kappa shape index (κ2) is 8.60. The molecule has 0 radical (unpaired) electrons. The van der Waals surface area contributed by atoms with E-state index < -0.39 is 10.1 Å². The van der Waals surface area contributed by atoms with Crippen molar-refractivity contribution >= 4 is 10.1 Å². The molecule has 4 aliphatic rings. The highest BCUT2D eigenvalue weighted by Gasteiger charge is 2.57. The minimum absolute atomic E-state index is 0.183. The molecule has 4 aliphatic carbocycles. The number of rotatable bonds is 5. The van der Waals surface area contributed by atoms with Crippen molar-refractivity contribution < 1.29 is 17.7 Å². The van der Waals surface area contributed by atoms with Crippen LogP contribution in [0.25, 0.3) is 0 Å². The van der Waals surface area contributed by atoms with E-state index in [0.717, 1.165) is 31.2 Å². The summed E-state index contributed by atoms with van der Waals surface area (Å²) in [6.07, 6.45) is 12.0. The smallest absolute Gasteiger partial charge is 0.296 e. The van der Waals surface area contributed by atoms with Crippen LogP contribution in [0.3, 0.4) is 0 Å². The summed E-state index contributed by atoms with van der Waals surface area (Å²) in [6.45, 7) is 9.24. The quantitative estimate of drug-likeness (QED) is 0.506. The summed E-state index contributed by atoms with van der Waals surface area (Å²) in [5.41, 5.74) is 4.49. The van der Waals surface area contributed by atoms with E-state index in [4.69, 9.17) is 4.18 Å². The number of aliphatic hydroxyl groups is 1. The zero-order valence-corrected chi connectivity index (χ0v) is 21.9. The second-order valence-corrected chi connectivity index (χ2v) is 13.7. The summed E-state index contributed by atoms with van der Waals surface area (Å²) in [5.74, 6) is 1.79. The van der Waals surface area contributed by atoms with E-state index in [2.05, 4.69) is 32.9 Å². The molecule has 3 fully saturated rings. The molecule has 3 unspecified atom stereocenters. The van der Waals surface area contributed by atoms with E-state index in [9.17, 15) is 13.5 Å². The number of aliphatic hydroxyl groups excluding tert-OH is 1. The third-order valence-corrected chi connectivity index (χ3v) is 11.4. The average molecular weight is 485 g/mol. The van der Waals surface area contributed by atoms with Crippen LogP contribution < -0.4 is 0 Å². The molecule has 0 heterocycles. The van der Waals surface area contributed by atoms with E-state index in [1.807, 2.05) is 19.1 Å². The van der Waals surface area contributed by atoms with Crippen LogP contribution in [0.2, 0.25) is 0 Å².